The third kappa shape index (κ3) is 3.18. The fourth-order valence-electron chi connectivity index (χ4n) is 4.12. The lowest BCUT2D eigenvalue weighted by Crippen LogP contribution is -2.41. The molecule has 0 saturated heterocycles. The van der Waals surface area contributed by atoms with Gasteiger partial charge in [-0.25, -0.2) is 0 Å². The maximum absolute atomic E-state index is 13.4. The van der Waals surface area contributed by atoms with Crippen LogP contribution in [-0.4, -0.2) is 11.4 Å². The summed E-state index contributed by atoms with van der Waals surface area (Å²) >= 11 is 0. The minimum absolute atomic E-state index is 0.0537. The van der Waals surface area contributed by atoms with Gasteiger partial charge in [0.1, 0.15) is 0 Å². The number of carbonyl (C=O) groups excluding carboxylic acids is 1. The van der Waals surface area contributed by atoms with Crippen molar-refractivity contribution in [2.75, 3.05) is 0 Å². The van der Waals surface area contributed by atoms with Crippen LogP contribution in [0.2, 0.25) is 0 Å². The molecule has 0 spiro atoms. The number of hydrogen-bond donors (Lipinski definition) is 0. The fraction of sp³-hybridized carbons (Fsp3) is 0.632. The number of hydrogen-bond acceptors (Lipinski definition) is 2. The van der Waals surface area contributed by atoms with Crippen molar-refractivity contribution in [3.8, 4) is 0 Å². The summed E-state index contributed by atoms with van der Waals surface area (Å²) in [6, 6.07) is 7.83. The molecule has 22 heavy (non-hydrogen) atoms. The summed E-state index contributed by atoms with van der Waals surface area (Å²) in [5.41, 5.74) is 1.37. The predicted molar refractivity (Wildman–Crippen MR) is 91.9 cm³/mol. The summed E-state index contributed by atoms with van der Waals surface area (Å²) < 4.78 is 12.0. The van der Waals surface area contributed by atoms with Crippen LogP contribution < -0.4 is 0 Å². The minimum atomic E-state index is -0.427. The highest BCUT2D eigenvalue weighted by molar-refractivity contribution is 7.25. The van der Waals surface area contributed by atoms with Crippen molar-refractivity contribution >= 4 is 14.2 Å². The smallest absolute Gasteiger partial charge is 0.170 e. The molecule has 2 unspecified atom stereocenters. The van der Waals surface area contributed by atoms with Crippen molar-refractivity contribution in [2.24, 2.45) is 11.3 Å². The van der Waals surface area contributed by atoms with E-state index >= 15 is 0 Å². The van der Waals surface area contributed by atoms with Gasteiger partial charge in [-0.2, -0.15) is 0 Å². The number of aryl methyl sites for hydroxylation is 1. The van der Waals surface area contributed by atoms with Crippen LogP contribution in [0.3, 0.4) is 0 Å². The quantitative estimate of drug-likeness (QED) is 0.468. The SMILES string of the molecule is CCCC(C)C(P=O)C1(C(=O)c2ccccc2C)CCCC1. The van der Waals surface area contributed by atoms with E-state index < -0.39 is 5.41 Å². The normalized spacial score (nSPS) is 20.0. The van der Waals surface area contributed by atoms with E-state index in [1.807, 2.05) is 31.2 Å². The average Bonchev–Trinajstić information content (AvgIpc) is 2.99. The molecule has 1 aromatic rings. The number of carbonyl (C=O) groups is 1. The van der Waals surface area contributed by atoms with Crippen molar-refractivity contribution in [3.05, 3.63) is 35.4 Å². The van der Waals surface area contributed by atoms with E-state index in [-0.39, 0.29) is 19.9 Å². The summed E-state index contributed by atoms with van der Waals surface area (Å²) in [4.78, 5) is 13.4. The second-order valence-electron chi connectivity index (χ2n) is 6.82. The van der Waals surface area contributed by atoms with Crippen molar-refractivity contribution in [3.63, 3.8) is 0 Å². The van der Waals surface area contributed by atoms with E-state index in [1.165, 1.54) is 0 Å². The second-order valence-corrected chi connectivity index (χ2v) is 7.59. The summed E-state index contributed by atoms with van der Waals surface area (Å²) in [5, 5.41) is 0. The van der Waals surface area contributed by atoms with Gasteiger partial charge in [-0.1, -0.05) is 57.4 Å². The average molecular weight is 318 g/mol. The Morgan fingerprint density at radius 1 is 1.27 bits per heavy atom. The van der Waals surface area contributed by atoms with Crippen molar-refractivity contribution < 1.29 is 9.36 Å². The Morgan fingerprint density at radius 2 is 1.91 bits per heavy atom. The molecule has 0 heterocycles. The minimum Gasteiger partial charge on any atom is -0.294 e. The lowest BCUT2D eigenvalue weighted by Gasteiger charge is -2.36. The highest BCUT2D eigenvalue weighted by atomic mass is 31.1. The van der Waals surface area contributed by atoms with E-state index in [0.29, 0.717) is 5.92 Å². The Kier molecular flexibility index (Phi) is 5.92. The van der Waals surface area contributed by atoms with Gasteiger partial charge in [-0.15, -0.1) is 0 Å². The summed E-state index contributed by atoms with van der Waals surface area (Å²) in [6.45, 7) is 6.30. The van der Waals surface area contributed by atoms with Crippen LogP contribution in [-0.2, 0) is 4.57 Å². The molecule has 2 nitrogen and oxygen atoms in total. The molecule has 2 rings (SSSR count). The largest absolute Gasteiger partial charge is 0.294 e. The van der Waals surface area contributed by atoms with Crippen molar-refractivity contribution in [1.29, 1.82) is 0 Å². The van der Waals surface area contributed by atoms with Gasteiger partial charge >= 0.3 is 0 Å². The van der Waals surface area contributed by atoms with E-state index in [1.54, 1.807) is 0 Å². The molecule has 0 aromatic heterocycles. The lowest BCUT2D eigenvalue weighted by molar-refractivity contribution is 0.0761. The molecule has 0 aliphatic heterocycles. The maximum atomic E-state index is 13.4. The summed E-state index contributed by atoms with van der Waals surface area (Å²) in [6.07, 6.45) is 6.01. The van der Waals surface area contributed by atoms with Crippen LogP contribution in [0.25, 0.3) is 0 Å². The van der Waals surface area contributed by atoms with Crippen LogP contribution in [0.1, 0.15) is 68.3 Å². The fourth-order valence-corrected chi connectivity index (χ4v) is 5.06. The molecule has 2 atom stereocenters. The predicted octanol–water partition coefficient (Wildman–Crippen LogP) is 5.83. The molecule has 1 fully saturated rings. The number of rotatable bonds is 7. The topological polar surface area (TPSA) is 34.1 Å². The van der Waals surface area contributed by atoms with Gasteiger partial charge in [0.25, 0.3) is 0 Å². The van der Waals surface area contributed by atoms with Crippen LogP contribution >= 0.6 is 8.46 Å². The molecular formula is C19H27O2P. The van der Waals surface area contributed by atoms with E-state index in [9.17, 15) is 9.36 Å². The monoisotopic (exact) mass is 318 g/mol. The summed E-state index contributed by atoms with van der Waals surface area (Å²) in [7, 11) is 0.140. The zero-order chi connectivity index (χ0) is 16.2. The molecule has 1 aliphatic rings. The van der Waals surface area contributed by atoms with Crippen molar-refractivity contribution in [2.45, 2.75) is 65.0 Å². The molecule has 3 heteroatoms. The molecule has 1 aliphatic carbocycles. The number of Topliss-reactive ketones (excluding diaryl/α,β-unsaturated/α-hetero) is 1. The molecule has 0 amide bonds. The number of ketones is 1. The molecule has 1 saturated carbocycles. The molecule has 120 valence electrons. The molecule has 1 aromatic carbocycles. The van der Waals surface area contributed by atoms with Crippen LogP contribution in [0.5, 0.6) is 0 Å². The highest BCUT2D eigenvalue weighted by Gasteiger charge is 2.50. The number of benzene rings is 1. The summed E-state index contributed by atoms with van der Waals surface area (Å²) in [5.74, 6) is 0.537. The van der Waals surface area contributed by atoms with Gasteiger partial charge in [0.15, 0.2) is 14.2 Å². The third-order valence-corrected chi connectivity index (χ3v) is 6.53. The highest BCUT2D eigenvalue weighted by Crippen LogP contribution is 2.51. The van der Waals surface area contributed by atoms with Gasteiger partial charge < -0.3 is 0 Å². The van der Waals surface area contributed by atoms with E-state index in [4.69, 9.17) is 0 Å². The van der Waals surface area contributed by atoms with E-state index in [2.05, 4.69) is 13.8 Å². The first-order valence-electron chi connectivity index (χ1n) is 8.49. The second kappa shape index (κ2) is 7.51. The Hall–Kier alpha value is -1.01. The Bertz CT molecular complexity index is 532. The van der Waals surface area contributed by atoms with Gasteiger partial charge in [0.2, 0.25) is 0 Å². The van der Waals surface area contributed by atoms with Gasteiger partial charge in [-0.3, -0.25) is 9.36 Å². The van der Waals surface area contributed by atoms with Gasteiger partial charge in [0.05, 0.1) is 5.66 Å². The standard InChI is InChI=1S/C19H27O2P/c1-4-9-15(3)18(22-21)19(12-7-8-13-19)17(20)16-11-6-5-10-14(16)2/h5-6,10-11,15,18H,4,7-9,12-13H2,1-3H3. The van der Waals surface area contributed by atoms with Crippen LogP contribution in [0, 0.1) is 18.3 Å². The molecule has 0 radical (unpaired) electrons. The lowest BCUT2D eigenvalue weighted by atomic mass is 9.71. The van der Waals surface area contributed by atoms with Gasteiger partial charge in [-0.05, 0) is 37.7 Å². The van der Waals surface area contributed by atoms with Gasteiger partial charge in [0, 0.05) is 11.0 Å². The van der Waals surface area contributed by atoms with E-state index in [0.717, 1.165) is 49.7 Å². The first kappa shape index (κ1) is 17.3. The molecule has 0 N–H and O–H groups in total. The zero-order valence-corrected chi connectivity index (χ0v) is 14.9. The maximum Gasteiger partial charge on any atom is 0.170 e. The van der Waals surface area contributed by atoms with Crippen LogP contribution in [0.15, 0.2) is 24.3 Å². The van der Waals surface area contributed by atoms with Crippen molar-refractivity contribution in [1.82, 2.24) is 0 Å². The molecular weight excluding hydrogens is 291 g/mol. The third-order valence-electron chi connectivity index (χ3n) is 5.30. The molecule has 0 bridgehead atoms. The first-order valence-corrected chi connectivity index (χ1v) is 9.38. The Morgan fingerprint density at radius 3 is 2.45 bits per heavy atom. The van der Waals surface area contributed by atoms with Crippen LogP contribution in [0.4, 0.5) is 0 Å². The first-order chi connectivity index (χ1) is 10.6. The Labute approximate surface area is 135 Å². The zero-order valence-electron chi connectivity index (χ0n) is 14.0. The Balaban J connectivity index is 2.41.